The van der Waals surface area contributed by atoms with Gasteiger partial charge in [0.1, 0.15) is 5.75 Å². The van der Waals surface area contributed by atoms with Crippen LogP contribution in [-0.4, -0.2) is 32.3 Å². The molecule has 5 nitrogen and oxygen atoms in total. The molecule has 1 aliphatic heterocycles. The molecular formula is C15H22BrClN2O3. The molecule has 1 unspecified atom stereocenters. The summed E-state index contributed by atoms with van der Waals surface area (Å²) in [7, 11) is 1.62. The molecule has 1 aliphatic rings. The highest BCUT2D eigenvalue weighted by atomic mass is 79.9. The molecule has 22 heavy (non-hydrogen) atoms. The van der Waals surface area contributed by atoms with E-state index in [4.69, 9.17) is 15.2 Å². The summed E-state index contributed by atoms with van der Waals surface area (Å²) in [6.07, 6.45) is 1.69. The van der Waals surface area contributed by atoms with Gasteiger partial charge in [-0.15, -0.1) is 12.4 Å². The SMILES string of the molecule is COc1ccc(Br)c(CNC(=O)C(N)C2CCOCC2)c1.Cl. The minimum atomic E-state index is -0.474. The quantitative estimate of drug-likeness (QED) is 0.805. The van der Waals surface area contributed by atoms with Crippen molar-refractivity contribution in [2.45, 2.75) is 25.4 Å². The van der Waals surface area contributed by atoms with Crippen molar-refractivity contribution in [2.24, 2.45) is 11.7 Å². The minimum absolute atomic E-state index is 0. The van der Waals surface area contributed by atoms with E-state index in [9.17, 15) is 4.79 Å². The summed E-state index contributed by atoms with van der Waals surface area (Å²) in [5.74, 6) is 0.847. The number of hydrogen-bond acceptors (Lipinski definition) is 4. The van der Waals surface area contributed by atoms with Gasteiger partial charge in [0.05, 0.1) is 13.2 Å². The molecule has 124 valence electrons. The average Bonchev–Trinajstić information content (AvgIpc) is 2.54. The molecule has 7 heteroatoms. The van der Waals surface area contributed by atoms with Gasteiger partial charge in [0.15, 0.2) is 0 Å². The van der Waals surface area contributed by atoms with Crippen molar-refractivity contribution >= 4 is 34.2 Å². The maximum Gasteiger partial charge on any atom is 0.237 e. The standard InChI is InChI=1S/C15H21BrN2O3.ClH/c1-20-12-2-3-13(16)11(8-12)9-18-15(19)14(17)10-4-6-21-7-5-10;/h2-3,8,10,14H,4-7,9,17H2,1H3,(H,18,19);1H. The van der Waals surface area contributed by atoms with Crippen LogP contribution in [0, 0.1) is 5.92 Å². The summed E-state index contributed by atoms with van der Waals surface area (Å²) in [5.41, 5.74) is 7.01. The number of rotatable bonds is 5. The van der Waals surface area contributed by atoms with E-state index in [0.717, 1.165) is 28.6 Å². The minimum Gasteiger partial charge on any atom is -0.497 e. The molecule has 1 atom stereocenters. The van der Waals surface area contributed by atoms with Crippen LogP contribution in [0.15, 0.2) is 22.7 Å². The monoisotopic (exact) mass is 392 g/mol. The Balaban J connectivity index is 0.00000242. The fourth-order valence-corrected chi connectivity index (χ4v) is 2.79. The average molecular weight is 394 g/mol. The molecule has 3 N–H and O–H groups in total. The second-order valence-corrected chi connectivity index (χ2v) is 6.01. The Bertz CT molecular complexity index is 496. The number of nitrogens with two attached hydrogens (primary N) is 1. The first-order valence-electron chi connectivity index (χ1n) is 7.05. The Morgan fingerprint density at radius 2 is 2.18 bits per heavy atom. The number of amides is 1. The molecule has 0 radical (unpaired) electrons. The number of ether oxygens (including phenoxy) is 2. The Kier molecular flexibility index (Phi) is 8.17. The van der Waals surface area contributed by atoms with Crippen molar-refractivity contribution < 1.29 is 14.3 Å². The van der Waals surface area contributed by atoms with Crippen LogP contribution in [0.3, 0.4) is 0 Å². The van der Waals surface area contributed by atoms with Crippen LogP contribution in [-0.2, 0) is 16.1 Å². The molecule has 0 bridgehead atoms. The van der Waals surface area contributed by atoms with Gasteiger partial charge in [-0.3, -0.25) is 4.79 Å². The molecule has 1 amide bonds. The predicted molar refractivity (Wildman–Crippen MR) is 91.3 cm³/mol. The van der Waals surface area contributed by atoms with Gasteiger partial charge in [0, 0.05) is 24.2 Å². The Morgan fingerprint density at radius 1 is 1.50 bits per heavy atom. The number of carbonyl (C=O) groups excluding carboxylic acids is 1. The number of carbonyl (C=O) groups is 1. The lowest BCUT2D eigenvalue weighted by atomic mass is 9.92. The molecule has 2 rings (SSSR count). The van der Waals surface area contributed by atoms with E-state index in [1.54, 1.807) is 7.11 Å². The summed E-state index contributed by atoms with van der Waals surface area (Å²) in [5, 5.41) is 2.90. The zero-order chi connectivity index (χ0) is 15.2. The van der Waals surface area contributed by atoms with E-state index >= 15 is 0 Å². The van der Waals surface area contributed by atoms with Crippen LogP contribution < -0.4 is 15.8 Å². The maximum absolute atomic E-state index is 12.2. The van der Waals surface area contributed by atoms with Crippen molar-refractivity contribution in [3.63, 3.8) is 0 Å². The molecule has 1 saturated heterocycles. The summed E-state index contributed by atoms with van der Waals surface area (Å²) in [6.45, 7) is 1.80. The molecule has 1 heterocycles. The fourth-order valence-electron chi connectivity index (χ4n) is 2.40. The van der Waals surface area contributed by atoms with Crippen LogP contribution in [0.25, 0.3) is 0 Å². The molecule has 0 aliphatic carbocycles. The van der Waals surface area contributed by atoms with Crippen LogP contribution in [0.4, 0.5) is 0 Å². The summed E-state index contributed by atoms with van der Waals surface area (Å²) in [4.78, 5) is 12.2. The third kappa shape index (κ3) is 5.12. The molecule has 0 aromatic heterocycles. The van der Waals surface area contributed by atoms with Gasteiger partial charge >= 0.3 is 0 Å². The van der Waals surface area contributed by atoms with Gasteiger partial charge in [0.2, 0.25) is 5.91 Å². The number of benzene rings is 1. The van der Waals surface area contributed by atoms with Crippen LogP contribution in [0.5, 0.6) is 5.75 Å². The van der Waals surface area contributed by atoms with E-state index in [1.165, 1.54) is 0 Å². The second kappa shape index (κ2) is 9.35. The molecule has 0 saturated carbocycles. The lowest BCUT2D eigenvalue weighted by Gasteiger charge is -2.26. The zero-order valence-electron chi connectivity index (χ0n) is 12.5. The first kappa shape index (κ1) is 19.2. The topological polar surface area (TPSA) is 73.6 Å². The fraction of sp³-hybridized carbons (Fsp3) is 0.533. The number of halogens is 2. The van der Waals surface area contributed by atoms with Gasteiger partial charge in [0.25, 0.3) is 0 Å². The number of hydrogen-bond donors (Lipinski definition) is 2. The highest BCUT2D eigenvalue weighted by molar-refractivity contribution is 9.10. The molecule has 1 aromatic rings. The van der Waals surface area contributed by atoms with E-state index < -0.39 is 6.04 Å². The lowest BCUT2D eigenvalue weighted by Crippen LogP contribution is -2.46. The number of nitrogens with one attached hydrogen (secondary N) is 1. The van der Waals surface area contributed by atoms with Crippen molar-refractivity contribution in [3.8, 4) is 5.75 Å². The summed E-state index contributed by atoms with van der Waals surface area (Å²) >= 11 is 3.47. The number of methoxy groups -OCH3 is 1. The zero-order valence-corrected chi connectivity index (χ0v) is 14.9. The van der Waals surface area contributed by atoms with Crippen molar-refractivity contribution in [2.75, 3.05) is 20.3 Å². The van der Waals surface area contributed by atoms with E-state index in [0.29, 0.717) is 19.8 Å². The molecular weight excluding hydrogens is 372 g/mol. The first-order chi connectivity index (χ1) is 10.1. The third-order valence-corrected chi connectivity index (χ3v) is 4.56. The van der Waals surface area contributed by atoms with E-state index in [1.807, 2.05) is 18.2 Å². The first-order valence-corrected chi connectivity index (χ1v) is 7.84. The van der Waals surface area contributed by atoms with E-state index in [2.05, 4.69) is 21.2 Å². The molecule has 1 fully saturated rings. The largest absolute Gasteiger partial charge is 0.497 e. The Hall–Kier alpha value is -0.820. The van der Waals surface area contributed by atoms with Crippen LogP contribution >= 0.6 is 28.3 Å². The molecule has 1 aromatic carbocycles. The second-order valence-electron chi connectivity index (χ2n) is 5.15. The van der Waals surface area contributed by atoms with Gasteiger partial charge < -0.3 is 20.5 Å². The Morgan fingerprint density at radius 3 is 2.82 bits per heavy atom. The van der Waals surface area contributed by atoms with Gasteiger partial charge in [-0.1, -0.05) is 15.9 Å². The highest BCUT2D eigenvalue weighted by Crippen LogP contribution is 2.22. The predicted octanol–water partition coefficient (Wildman–Crippen LogP) is 2.25. The van der Waals surface area contributed by atoms with Gasteiger partial charge in [-0.25, -0.2) is 0 Å². The van der Waals surface area contributed by atoms with Gasteiger partial charge in [-0.05, 0) is 42.5 Å². The smallest absolute Gasteiger partial charge is 0.237 e. The lowest BCUT2D eigenvalue weighted by molar-refractivity contribution is -0.124. The van der Waals surface area contributed by atoms with Crippen molar-refractivity contribution in [3.05, 3.63) is 28.2 Å². The van der Waals surface area contributed by atoms with Crippen LogP contribution in [0.1, 0.15) is 18.4 Å². The normalized spacial score (nSPS) is 16.5. The van der Waals surface area contributed by atoms with Crippen molar-refractivity contribution in [1.29, 1.82) is 0 Å². The summed E-state index contributed by atoms with van der Waals surface area (Å²) in [6, 6.07) is 5.19. The van der Waals surface area contributed by atoms with Gasteiger partial charge in [-0.2, -0.15) is 0 Å². The van der Waals surface area contributed by atoms with E-state index in [-0.39, 0.29) is 24.2 Å². The third-order valence-electron chi connectivity index (χ3n) is 3.78. The molecule has 0 spiro atoms. The highest BCUT2D eigenvalue weighted by Gasteiger charge is 2.26. The van der Waals surface area contributed by atoms with Crippen LogP contribution in [0.2, 0.25) is 0 Å². The summed E-state index contributed by atoms with van der Waals surface area (Å²) < 4.78 is 11.4. The van der Waals surface area contributed by atoms with Crippen molar-refractivity contribution in [1.82, 2.24) is 5.32 Å². The maximum atomic E-state index is 12.2. The Labute approximate surface area is 145 Å².